The van der Waals surface area contributed by atoms with Gasteiger partial charge in [-0.05, 0) is 44.8 Å². The van der Waals surface area contributed by atoms with Gasteiger partial charge in [0, 0.05) is 19.5 Å². The van der Waals surface area contributed by atoms with Crippen LogP contribution in [0.2, 0.25) is 5.02 Å². The molecule has 2 amide bonds. The number of hydrogen-bond acceptors (Lipinski definition) is 4. The molecule has 1 saturated carbocycles. The van der Waals surface area contributed by atoms with E-state index in [0.717, 1.165) is 45.3 Å². The first kappa shape index (κ1) is 21.9. The Kier molecular flexibility index (Phi) is 7.41. The Morgan fingerprint density at radius 2 is 1.76 bits per heavy atom. The first-order valence-corrected chi connectivity index (χ1v) is 11.0. The molecule has 0 atom stereocenters. The number of ether oxygens (including phenoxy) is 1. The van der Waals surface area contributed by atoms with Crippen molar-refractivity contribution in [3.63, 3.8) is 0 Å². The molecule has 0 aromatic heterocycles. The number of hydrogen-bond donors (Lipinski definition) is 2. The van der Waals surface area contributed by atoms with Crippen molar-refractivity contribution in [1.82, 2.24) is 10.2 Å². The van der Waals surface area contributed by atoms with Gasteiger partial charge in [-0.3, -0.25) is 9.59 Å². The number of anilines is 1. The van der Waals surface area contributed by atoms with Crippen LogP contribution in [0.25, 0.3) is 0 Å². The van der Waals surface area contributed by atoms with Gasteiger partial charge in [0.1, 0.15) is 5.75 Å². The molecule has 0 bridgehead atoms. The third-order valence-electron chi connectivity index (χ3n) is 6.01. The third kappa shape index (κ3) is 5.64. The summed E-state index contributed by atoms with van der Waals surface area (Å²) in [6, 6.07) is 3.19. The average molecular weight is 422 g/mol. The van der Waals surface area contributed by atoms with Gasteiger partial charge in [-0.25, -0.2) is 0 Å². The average Bonchev–Trinajstić information content (AvgIpc) is 2.70. The number of carbonyl (C=O) groups is 2. The number of piperidine rings is 1. The van der Waals surface area contributed by atoms with Gasteiger partial charge in [-0.2, -0.15) is 0 Å². The van der Waals surface area contributed by atoms with E-state index in [0.29, 0.717) is 22.0 Å². The van der Waals surface area contributed by atoms with Crippen molar-refractivity contribution < 1.29 is 14.3 Å². The number of nitrogens with zero attached hydrogens (tertiary/aromatic N) is 1. The molecule has 1 saturated heterocycles. The van der Waals surface area contributed by atoms with Crippen LogP contribution in [0.5, 0.6) is 5.75 Å². The summed E-state index contributed by atoms with van der Waals surface area (Å²) in [6.45, 7) is 4.53. The lowest BCUT2D eigenvalue weighted by Crippen LogP contribution is -2.57. The van der Waals surface area contributed by atoms with Gasteiger partial charge in [-0.1, -0.05) is 37.3 Å². The van der Waals surface area contributed by atoms with Crippen molar-refractivity contribution in [3.8, 4) is 5.75 Å². The van der Waals surface area contributed by atoms with Crippen LogP contribution in [-0.2, 0) is 4.79 Å². The van der Waals surface area contributed by atoms with Crippen LogP contribution < -0.4 is 15.4 Å². The van der Waals surface area contributed by atoms with Crippen LogP contribution in [-0.4, -0.2) is 49.0 Å². The van der Waals surface area contributed by atoms with Gasteiger partial charge in [0.2, 0.25) is 5.91 Å². The quantitative estimate of drug-likeness (QED) is 0.721. The number of benzene rings is 1. The van der Waals surface area contributed by atoms with E-state index in [1.165, 1.54) is 39.7 Å². The van der Waals surface area contributed by atoms with Crippen molar-refractivity contribution >= 4 is 29.1 Å². The largest absolute Gasteiger partial charge is 0.496 e. The van der Waals surface area contributed by atoms with Crippen molar-refractivity contribution in [1.29, 1.82) is 0 Å². The van der Waals surface area contributed by atoms with Gasteiger partial charge in [0.25, 0.3) is 5.91 Å². The van der Waals surface area contributed by atoms with E-state index in [2.05, 4.69) is 15.5 Å². The molecule has 0 unspecified atom stereocenters. The van der Waals surface area contributed by atoms with Crippen LogP contribution in [0.4, 0.5) is 5.69 Å². The molecule has 1 aliphatic heterocycles. The minimum absolute atomic E-state index is 0.169. The predicted octanol–water partition coefficient (Wildman–Crippen LogP) is 4.23. The van der Waals surface area contributed by atoms with Crippen molar-refractivity contribution in [2.75, 3.05) is 32.1 Å². The SMILES string of the molecule is COc1cc(NC(C)=O)c(Cl)cc1C(=O)NC1(CN2CCCCC2)CCCCC1. The minimum atomic E-state index is -0.228. The zero-order valence-corrected chi connectivity index (χ0v) is 18.2. The van der Waals surface area contributed by atoms with E-state index >= 15 is 0 Å². The topological polar surface area (TPSA) is 70.7 Å². The molecule has 0 radical (unpaired) electrons. The van der Waals surface area contributed by atoms with Gasteiger partial charge in [0.05, 0.1) is 28.9 Å². The molecule has 1 aliphatic carbocycles. The maximum absolute atomic E-state index is 13.3. The Hall–Kier alpha value is -1.79. The normalized spacial score (nSPS) is 19.4. The highest BCUT2D eigenvalue weighted by Crippen LogP contribution is 2.34. The van der Waals surface area contributed by atoms with Gasteiger partial charge in [-0.15, -0.1) is 0 Å². The Balaban J connectivity index is 1.81. The summed E-state index contributed by atoms with van der Waals surface area (Å²) in [5.41, 5.74) is 0.629. The number of likely N-dealkylation sites (tertiary alicyclic amines) is 1. The summed E-state index contributed by atoms with van der Waals surface area (Å²) in [5.74, 6) is 0.00506. The van der Waals surface area contributed by atoms with Gasteiger partial charge in [0.15, 0.2) is 0 Å². The van der Waals surface area contributed by atoms with Crippen LogP contribution in [0.3, 0.4) is 0 Å². The molecule has 160 valence electrons. The summed E-state index contributed by atoms with van der Waals surface area (Å²) in [5, 5.41) is 6.34. The monoisotopic (exact) mass is 421 g/mol. The van der Waals surface area contributed by atoms with E-state index in [1.54, 1.807) is 12.1 Å². The molecule has 1 aromatic rings. The highest BCUT2D eigenvalue weighted by atomic mass is 35.5. The maximum Gasteiger partial charge on any atom is 0.255 e. The second kappa shape index (κ2) is 9.81. The third-order valence-corrected chi connectivity index (χ3v) is 6.32. The van der Waals surface area contributed by atoms with Crippen LogP contribution >= 0.6 is 11.6 Å². The second-order valence-corrected chi connectivity index (χ2v) is 8.75. The molecular weight excluding hydrogens is 390 g/mol. The van der Waals surface area contributed by atoms with Gasteiger partial charge >= 0.3 is 0 Å². The molecule has 2 N–H and O–H groups in total. The molecule has 1 aromatic carbocycles. The fourth-order valence-electron chi connectivity index (χ4n) is 4.59. The standard InChI is InChI=1S/C22H32ClN3O3/c1-16(27)24-19-14-20(29-2)17(13-18(19)23)21(28)25-22(9-5-3-6-10-22)15-26-11-7-4-8-12-26/h13-14H,3-12,15H2,1-2H3,(H,24,27)(H,25,28). The van der Waals surface area contributed by atoms with Crippen LogP contribution in [0.15, 0.2) is 12.1 Å². The van der Waals surface area contributed by atoms with E-state index in [9.17, 15) is 9.59 Å². The van der Waals surface area contributed by atoms with Crippen LogP contribution in [0, 0.1) is 0 Å². The van der Waals surface area contributed by atoms with E-state index in [1.807, 2.05) is 0 Å². The lowest BCUT2D eigenvalue weighted by Gasteiger charge is -2.43. The summed E-state index contributed by atoms with van der Waals surface area (Å²) in [7, 11) is 1.52. The summed E-state index contributed by atoms with van der Waals surface area (Å²) in [6.07, 6.45) is 9.24. The number of methoxy groups -OCH3 is 1. The molecule has 2 fully saturated rings. The smallest absolute Gasteiger partial charge is 0.255 e. The molecule has 1 heterocycles. The van der Waals surface area contributed by atoms with Gasteiger partial charge < -0.3 is 20.3 Å². The molecule has 7 heteroatoms. The van der Waals surface area contributed by atoms with E-state index < -0.39 is 0 Å². The summed E-state index contributed by atoms with van der Waals surface area (Å²) in [4.78, 5) is 27.2. The van der Waals surface area contributed by atoms with Crippen LogP contribution in [0.1, 0.15) is 68.6 Å². The molecular formula is C22H32ClN3O3. The number of nitrogens with one attached hydrogen (secondary N) is 2. The molecule has 3 rings (SSSR count). The number of amides is 2. The molecule has 6 nitrogen and oxygen atoms in total. The van der Waals surface area contributed by atoms with E-state index in [-0.39, 0.29) is 17.4 Å². The number of carbonyl (C=O) groups excluding carboxylic acids is 2. The summed E-state index contributed by atoms with van der Waals surface area (Å²) >= 11 is 6.32. The van der Waals surface area contributed by atoms with Crippen molar-refractivity contribution in [2.45, 2.75) is 63.8 Å². The number of rotatable bonds is 6. The lowest BCUT2D eigenvalue weighted by atomic mass is 9.80. The number of halogens is 1. The lowest BCUT2D eigenvalue weighted by molar-refractivity contribution is -0.114. The van der Waals surface area contributed by atoms with E-state index in [4.69, 9.17) is 16.3 Å². The highest BCUT2D eigenvalue weighted by molar-refractivity contribution is 6.34. The second-order valence-electron chi connectivity index (χ2n) is 8.35. The Labute approximate surface area is 178 Å². The Morgan fingerprint density at radius 1 is 1.10 bits per heavy atom. The maximum atomic E-state index is 13.3. The Bertz CT molecular complexity index is 741. The first-order chi connectivity index (χ1) is 13.9. The molecule has 0 spiro atoms. The fourth-order valence-corrected chi connectivity index (χ4v) is 4.80. The Morgan fingerprint density at radius 3 is 2.38 bits per heavy atom. The predicted molar refractivity (Wildman–Crippen MR) is 116 cm³/mol. The fraction of sp³-hybridized carbons (Fsp3) is 0.636. The summed E-state index contributed by atoms with van der Waals surface area (Å²) < 4.78 is 5.43. The first-order valence-electron chi connectivity index (χ1n) is 10.6. The minimum Gasteiger partial charge on any atom is -0.496 e. The molecule has 2 aliphatic rings. The zero-order chi connectivity index (χ0) is 20.9. The zero-order valence-electron chi connectivity index (χ0n) is 17.5. The molecule has 29 heavy (non-hydrogen) atoms. The van der Waals surface area contributed by atoms with Crippen molar-refractivity contribution in [3.05, 3.63) is 22.7 Å². The highest BCUT2D eigenvalue weighted by Gasteiger charge is 2.36. The van der Waals surface area contributed by atoms with Crippen molar-refractivity contribution in [2.24, 2.45) is 0 Å².